The van der Waals surface area contributed by atoms with E-state index in [2.05, 4.69) is 34.4 Å². The van der Waals surface area contributed by atoms with Crippen molar-refractivity contribution in [2.45, 2.75) is 63.4 Å². The van der Waals surface area contributed by atoms with Crippen molar-refractivity contribution >= 4 is 52.5 Å². The van der Waals surface area contributed by atoms with Crippen LogP contribution >= 0.6 is 23.2 Å². The number of amides is 2. The molecule has 2 fully saturated rings. The molecule has 6 N–H and O–H groups in total. The number of carbonyl (C=O) groups excluding carboxylic acids is 3. The standard InChI is InChI=1S/C27H32Cl2N4O9/c1-12(2)33-7-5-13(6-8-33)24(37)32-19-16(25(38)31-18-4-3-14(28)11-30-18)9-15(29)10-17(19)41-27(40)23-21(35)20(34)22(36)26(39)42-23/h3-4,9-13,20-23,26,34-36,39H,5-8H2,1-2H3,(H,32,37)(H,30,31,38)/t20-,21-,22+,23-,26+/m0/s1. The molecule has 13 nitrogen and oxygen atoms in total. The smallest absolute Gasteiger partial charge is 0.343 e. The molecule has 2 aromatic rings. The Hall–Kier alpha value is -2.88. The fourth-order valence-electron chi connectivity index (χ4n) is 4.73. The molecule has 2 amide bonds. The van der Waals surface area contributed by atoms with Crippen molar-refractivity contribution in [2.24, 2.45) is 5.92 Å². The van der Waals surface area contributed by atoms with Crippen LogP contribution in [0, 0.1) is 5.92 Å². The highest BCUT2D eigenvalue weighted by molar-refractivity contribution is 6.32. The Morgan fingerprint density at radius 2 is 1.69 bits per heavy atom. The fraction of sp³-hybridized carbons (Fsp3) is 0.481. The van der Waals surface area contributed by atoms with E-state index in [1.807, 2.05) is 0 Å². The van der Waals surface area contributed by atoms with Crippen LogP contribution in [0.5, 0.6) is 5.75 Å². The van der Waals surface area contributed by atoms with Crippen molar-refractivity contribution in [1.82, 2.24) is 9.88 Å². The summed E-state index contributed by atoms with van der Waals surface area (Å²) in [7, 11) is 0. The van der Waals surface area contributed by atoms with E-state index in [1.165, 1.54) is 30.5 Å². The van der Waals surface area contributed by atoms with E-state index < -0.39 is 54.4 Å². The molecule has 42 heavy (non-hydrogen) atoms. The molecule has 2 aliphatic heterocycles. The molecule has 0 spiro atoms. The van der Waals surface area contributed by atoms with Crippen molar-refractivity contribution in [3.8, 4) is 5.75 Å². The number of rotatable bonds is 7. The molecule has 2 saturated heterocycles. The predicted octanol–water partition coefficient (Wildman–Crippen LogP) is 1.40. The zero-order chi connectivity index (χ0) is 30.7. The Morgan fingerprint density at radius 3 is 2.31 bits per heavy atom. The second-order valence-electron chi connectivity index (χ2n) is 10.4. The van der Waals surface area contributed by atoms with Crippen LogP contribution in [0.3, 0.4) is 0 Å². The number of piperidine rings is 1. The summed E-state index contributed by atoms with van der Waals surface area (Å²) >= 11 is 12.1. The van der Waals surface area contributed by atoms with Gasteiger partial charge in [0.1, 0.15) is 24.1 Å². The molecule has 2 aliphatic rings. The van der Waals surface area contributed by atoms with E-state index in [1.54, 1.807) is 0 Å². The molecule has 4 rings (SSSR count). The van der Waals surface area contributed by atoms with E-state index in [-0.39, 0.29) is 27.8 Å². The quantitative estimate of drug-likeness (QED) is 0.192. The van der Waals surface area contributed by atoms with Crippen molar-refractivity contribution in [1.29, 1.82) is 0 Å². The average Bonchev–Trinajstić information content (AvgIpc) is 2.96. The van der Waals surface area contributed by atoms with E-state index in [9.17, 15) is 34.8 Å². The van der Waals surface area contributed by atoms with Gasteiger partial charge in [0, 0.05) is 29.2 Å². The Balaban J connectivity index is 1.64. The minimum absolute atomic E-state index is 0.0455. The lowest BCUT2D eigenvalue weighted by Crippen LogP contribution is -2.60. The van der Waals surface area contributed by atoms with Gasteiger partial charge >= 0.3 is 5.97 Å². The number of aliphatic hydroxyl groups is 4. The molecular weight excluding hydrogens is 595 g/mol. The number of hydrogen-bond donors (Lipinski definition) is 6. The first-order chi connectivity index (χ1) is 19.8. The molecule has 1 aromatic heterocycles. The number of halogens is 2. The molecule has 1 aromatic carbocycles. The zero-order valence-corrected chi connectivity index (χ0v) is 24.2. The van der Waals surface area contributed by atoms with Crippen molar-refractivity contribution in [2.75, 3.05) is 23.7 Å². The maximum atomic E-state index is 13.4. The van der Waals surface area contributed by atoms with E-state index in [0.717, 1.165) is 0 Å². The van der Waals surface area contributed by atoms with Gasteiger partial charge in [-0.05, 0) is 58.0 Å². The third kappa shape index (κ3) is 7.36. The monoisotopic (exact) mass is 626 g/mol. The maximum absolute atomic E-state index is 13.4. The van der Waals surface area contributed by atoms with Gasteiger partial charge in [0.05, 0.1) is 16.3 Å². The Morgan fingerprint density at radius 1 is 1.00 bits per heavy atom. The highest BCUT2D eigenvalue weighted by atomic mass is 35.5. The number of aliphatic hydroxyl groups excluding tert-OH is 4. The summed E-state index contributed by atoms with van der Waals surface area (Å²) in [4.78, 5) is 46.1. The number of anilines is 2. The van der Waals surface area contributed by atoms with Gasteiger partial charge in [-0.25, -0.2) is 9.78 Å². The summed E-state index contributed by atoms with van der Waals surface area (Å²) in [6, 6.07) is 5.72. The van der Waals surface area contributed by atoms with Crippen molar-refractivity contribution < 1.29 is 44.3 Å². The van der Waals surface area contributed by atoms with Crippen molar-refractivity contribution in [3.63, 3.8) is 0 Å². The summed E-state index contributed by atoms with van der Waals surface area (Å²) < 4.78 is 10.4. The summed E-state index contributed by atoms with van der Waals surface area (Å²) in [6.07, 6.45) is -7.23. The maximum Gasteiger partial charge on any atom is 0.343 e. The summed E-state index contributed by atoms with van der Waals surface area (Å²) in [6.45, 7) is 5.53. The number of pyridine rings is 1. The van der Waals surface area contributed by atoms with Crippen LogP contribution in [0.2, 0.25) is 10.0 Å². The molecule has 5 atom stereocenters. The fourth-order valence-corrected chi connectivity index (χ4v) is 5.05. The molecule has 228 valence electrons. The molecule has 0 saturated carbocycles. The average molecular weight is 627 g/mol. The number of esters is 1. The van der Waals surface area contributed by atoms with Gasteiger partial charge in [-0.1, -0.05) is 23.2 Å². The third-order valence-electron chi connectivity index (χ3n) is 7.19. The van der Waals surface area contributed by atoms with Crippen LogP contribution < -0.4 is 15.4 Å². The minimum Gasteiger partial charge on any atom is -0.422 e. The Bertz CT molecular complexity index is 1310. The van der Waals surface area contributed by atoms with E-state index >= 15 is 0 Å². The third-order valence-corrected chi connectivity index (χ3v) is 7.63. The Labute approximate surface area is 251 Å². The number of hydrogen-bond acceptors (Lipinski definition) is 11. The van der Waals surface area contributed by atoms with Crippen molar-refractivity contribution in [3.05, 3.63) is 46.1 Å². The molecule has 3 heterocycles. The van der Waals surface area contributed by atoms with Gasteiger partial charge in [-0.15, -0.1) is 0 Å². The van der Waals surface area contributed by atoms with Crippen LogP contribution in [-0.4, -0.2) is 97.9 Å². The molecule has 0 bridgehead atoms. The summed E-state index contributed by atoms with van der Waals surface area (Å²) in [5, 5.41) is 45.4. The van der Waals surface area contributed by atoms with Crippen LogP contribution in [-0.2, 0) is 14.3 Å². The molecule has 0 unspecified atom stereocenters. The molecular formula is C27H32Cl2N4O9. The van der Waals surface area contributed by atoms with Gasteiger partial charge in [-0.2, -0.15) is 0 Å². The van der Waals surface area contributed by atoms with Crippen LogP contribution in [0.4, 0.5) is 11.5 Å². The number of aromatic nitrogens is 1. The van der Waals surface area contributed by atoms with Crippen LogP contribution in [0.15, 0.2) is 30.5 Å². The van der Waals surface area contributed by atoms with Gasteiger partial charge < -0.3 is 45.4 Å². The topological polar surface area (TPSA) is 191 Å². The van der Waals surface area contributed by atoms with Crippen LogP contribution in [0.25, 0.3) is 0 Å². The number of ether oxygens (including phenoxy) is 2. The molecule has 0 aliphatic carbocycles. The number of carbonyl (C=O) groups is 3. The first kappa shape index (κ1) is 32.0. The number of nitrogens with zero attached hydrogens (tertiary/aromatic N) is 2. The van der Waals surface area contributed by atoms with E-state index in [0.29, 0.717) is 37.0 Å². The van der Waals surface area contributed by atoms with Gasteiger partial charge in [0.25, 0.3) is 5.91 Å². The minimum atomic E-state index is -2.00. The SMILES string of the molecule is CC(C)N1CCC(C(=O)Nc2c(OC(=O)[C@H]3O[C@@H](O)[C@H](O)[C@@H](O)[C@@H]3O)cc(Cl)cc2C(=O)Nc2ccc(Cl)cn2)CC1. The van der Waals surface area contributed by atoms with E-state index in [4.69, 9.17) is 32.7 Å². The summed E-state index contributed by atoms with van der Waals surface area (Å²) in [5.41, 5.74) is -0.363. The first-order valence-corrected chi connectivity index (χ1v) is 14.0. The van der Waals surface area contributed by atoms with Gasteiger partial charge in [-0.3, -0.25) is 9.59 Å². The largest absolute Gasteiger partial charge is 0.422 e. The Kier molecular flexibility index (Phi) is 10.4. The predicted molar refractivity (Wildman–Crippen MR) is 151 cm³/mol. The second kappa shape index (κ2) is 13.6. The summed E-state index contributed by atoms with van der Waals surface area (Å²) in [5.74, 6) is -3.08. The van der Waals surface area contributed by atoms with Crippen LogP contribution in [0.1, 0.15) is 37.0 Å². The number of benzene rings is 1. The molecule has 15 heteroatoms. The molecule has 0 radical (unpaired) electrons. The second-order valence-corrected chi connectivity index (χ2v) is 11.2. The first-order valence-electron chi connectivity index (χ1n) is 13.3. The lowest BCUT2D eigenvalue weighted by atomic mass is 9.95. The van der Waals surface area contributed by atoms with Gasteiger partial charge in [0.2, 0.25) is 5.91 Å². The zero-order valence-electron chi connectivity index (χ0n) is 22.7. The lowest BCUT2D eigenvalue weighted by molar-refractivity contribution is -0.279. The number of nitrogens with one attached hydrogen (secondary N) is 2. The highest BCUT2D eigenvalue weighted by Crippen LogP contribution is 2.35. The number of likely N-dealkylation sites (tertiary alicyclic amines) is 1. The van der Waals surface area contributed by atoms with Gasteiger partial charge in [0.15, 0.2) is 18.1 Å². The highest BCUT2D eigenvalue weighted by Gasteiger charge is 2.47. The lowest BCUT2D eigenvalue weighted by Gasteiger charge is -2.37. The normalized spacial score (nSPS) is 25.2.